The predicted octanol–water partition coefficient (Wildman–Crippen LogP) is 4.46. The number of rotatable bonds is 6. The monoisotopic (exact) mass is 453 g/mol. The number of aromatic hydroxyl groups is 1. The number of carbonyl (C=O) groups excluding carboxylic acids is 3. The van der Waals surface area contributed by atoms with Crippen LogP contribution in [-0.2, 0) is 19.1 Å². The van der Waals surface area contributed by atoms with Gasteiger partial charge in [-0.2, -0.15) is 4.90 Å². The number of hydrogen-bond acceptors (Lipinski definition) is 6. The Hall–Kier alpha value is -2.93. The van der Waals surface area contributed by atoms with Gasteiger partial charge in [0.2, 0.25) is 11.8 Å². The molecule has 0 saturated carbocycles. The molecule has 7 nitrogen and oxygen atoms in total. The number of phenolic OH excluding ortho intramolecular Hbond substituents is 1. The number of likely N-dealkylation sites (tertiary alicyclic amines) is 1. The summed E-state index contributed by atoms with van der Waals surface area (Å²) in [7, 11) is 1.18. The highest BCUT2D eigenvalue weighted by Gasteiger charge is 2.58. The summed E-state index contributed by atoms with van der Waals surface area (Å²) >= 11 is 0. The van der Waals surface area contributed by atoms with Gasteiger partial charge in [0.15, 0.2) is 0 Å². The van der Waals surface area contributed by atoms with Gasteiger partial charge in [0.1, 0.15) is 5.75 Å². The molecule has 4 atom stereocenters. The molecule has 0 unspecified atom stereocenters. The molecule has 1 N–H and O–H groups in total. The molecule has 33 heavy (non-hydrogen) atoms. The molecular weight excluding hydrogens is 422 g/mol. The minimum absolute atomic E-state index is 0.0971. The minimum Gasteiger partial charge on any atom is -0.508 e. The van der Waals surface area contributed by atoms with Crippen LogP contribution in [0.15, 0.2) is 41.0 Å². The average Bonchev–Trinajstić information content (AvgIpc) is 3.34. The van der Waals surface area contributed by atoms with Gasteiger partial charge in [-0.15, -0.1) is 0 Å². The zero-order valence-electron chi connectivity index (χ0n) is 19.4. The van der Waals surface area contributed by atoms with Crippen LogP contribution in [0.3, 0.4) is 0 Å². The number of fused-ring (bicyclic) bond motifs is 3. The van der Waals surface area contributed by atoms with Crippen LogP contribution in [-0.4, -0.2) is 47.7 Å². The zero-order chi connectivity index (χ0) is 23.7. The number of carbonyl (C=O) groups is 3. The lowest BCUT2D eigenvalue weighted by atomic mass is 9.69. The van der Waals surface area contributed by atoms with Crippen LogP contribution in [0.25, 0.3) is 6.08 Å². The Bertz CT molecular complexity index is 1030. The zero-order valence-corrected chi connectivity index (χ0v) is 19.4. The van der Waals surface area contributed by atoms with Crippen LogP contribution in [0, 0.1) is 17.8 Å². The van der Waals surface area contributed by atoms with Crippen molar-refractivity contribution in [1.82, 2.24) is 4.90 Å². The lowest BCUT2D eigenvalue weighted by molar-refractivity contribution is -0.137. The molecular formula is C26H31NO6. The molecule has 1 aliphatic carbocycles. The summed E-state index contributed by atoms with van der Waals surface area (Å²) in [5, 5.41) is 9.73. The summed E-state index contributed by atoms with van der Waals surface area (Å²) in [6.07, 6.45) is 4.88. The Labute approximate surface area is 194 Å². The Morgan fingerprint density at radius 3 is 2.70 bits per heavy atom. The van der Waals surface area contributed by atoms with E-state index < -0.39 is 29.7 Å². The van der Waals surface area contributed by atoms with E-state index in [4.69, 9.17) is 4.74 Å². The molecule has 3 aliphatic rings. The molecule has 2 fully saturated rings. The van der Waals surface area contributed by atoms with E-state index in [0.717, 1.165) is 36.8 Å². The quantitative estimate of drug-likeness (QED) is 0.505. The second kappa shape index (κ2) is 9.51. The van der Waals surface area contributed by atoms with E-state index in [-0.39, 0.29) is 17.8 Å². The van der Waals surface area contributed by atoms with E-state index in [1.807, 2.05) is 12.1 Å². The van der Waals surface area contributed by atoms with Gasteiger partial charge in [-0.25, -0.2) is 4.79 Å². The van der Waals surface area contributed by atoms with Crippen LogP contribution in [0.4, 0.5) is 4.79 Å². The number of ether oxygens (including phenoxy) is 2. The van der Waals surface area contributed by atoms with Crippen molar-refractivity contribution in [3.05, 3.63) is 46.5 Å². The summed E-state index contributed by atoms with van der Waals surface area (Å²) in [5.74, 6) is -1.91. The van der Waals surface area contributed by atoms with Crippen LogP contribution in [0.1, 0.15) is 51.5 Å². The van der Waals surface area contributed by atoms with E-state index >= 15 is 0 Å². The van der Waals surface area contributed by atoms with Gasteiger partial charge in [-0.1, -0.05) is 43.2 Å². The third-order valence-corrected chi connectivity index (χ3v) is 7.21. The van der Waals surface area contributed by atoms with Crippen molar-refractivity contribution in [3.63, 3.8) is 0 Å². The Morgan fingerprint density at radius 2 is 2.03 bits per heavy atom. The number of amides is 3. The van der Waals surface area contributed by atoms with Gasteiger partial charge in [0.25, 0.3) is 0 Å². The van der Waals surface area contributed by atoms with Crippen molar-refractivity contribution >= 4 is 24.0 Å². The van der Waals surface area contributed by atoms with Crippen molar-refractivity contribution in [1.29, 1.82) is 0 Å². The van der Waals surface area contributed by atoms with Gasteiger partial charge >= 0.3 is 6.09 Å². The highest BCUT2D eigenvalue weighted by molar-refractivity contribution is 6.16. The fourth-order valence-corrected chi connectivity index (χ4v) is 5.60. The Kier molecular flexibility index (Phi) is 6.70. The number of methoxy groups -OCH3 is 1. The van der Waals surface area contributed by atoms with Crippen LogP contribution in [0.2, 0.25) is 0 Å². The molecule has 176 valence electrons. The van der Waals surface area contributed by atoms with Gasteiger partial charge < -0.3 is 14.6 Å². The number of nitrogens with zero attached hydrogens (tertiary/aromatic N) is 1. The summed E-state index contributed by atoms with van der Waals surface area (Å²) in [5.41, 5.74) is 4.54. The van der Waals surface area contributed by atoms with E-state index in [9.17, 15) is 19.5 Å². The molecule has 2 aliphatic heterocycles. The summed E-state index contributed by atoms with van der Waals surface area (Å²) < 4.78 is 10.9. The molecule has 3 amide bonds. The van der Waals surface area contributed by atoms with Crippen molar-refractivity contribution < 1.29 is 29.0 Å². The second-order valence-electron chi connectivity index (χ2n) is 8.95. The van der Waals surface area contributed by atoms with Crippen molar-refractivity contribution in [3.8, 4) is 5.75 Å². The second-order valence-corrected chi connectivity index (χ2v) is 8.95. The largest absolute Gasteiger partial charge is 0.508 e. The smallest absolute Gasteiger partial charge is 0.423 e. The third kappa shape index (κ3) is 4.22. The normalized spacial score (nSPS) is 27.1. The molecule has 2 saturated heterocycles. The predicted molar refractivity (Wildman–Crippen MR) is 122 cm³/mol. The first-order valence-corrected chi connectivity index (χ1v) is 11.7. The van der Waals surface area contributed by atoms with Gasteiger partial charge in [-0.3, -0.25) is 9.59 Å². The van der Waals surface area contributed by atoms with Crippen LogP contribution in [0.5, 0.6) is 5.75 Å². The SMILES string of the molecule is CCC1=C2[C@@H](CC/C(=C/c3cccc(O)c3)CC)OC[C@@H]2[C@@H]2C(=O)N(C(=O)OC)C(=O)[C@@H]2C1. The first-order chi connectivity index (χ1) is 15.9. The number of hydrogen-bond donors (Lipinski definition) is 1. The van der Waals surface area contributed by atoms with E-state index in [1.54, 1.807) is 12.1 Å². The Morgan fingerprint density at radius 1 is 1.24 bits per heavy atom. The number of phenols is 1. The molecule has 0 radical (unpaired) electrons. The molecule has 2 heterocycles. The highest BCUT2D eigenvalue weighted by atomic mass is 16.5. The first-order valence-electron chi connectivity index (χ1n) is 11.7. The summed E-state index contributed by atoms with van der Waals surface area (Å²) in [6.45, 7) is 4.56. The van der Waals surface area contributed by atoms with Gasteiger partial charge in [0.05, 0.1) is 31.7 Å². The molecule has 7 heteroatoms. The topological polar surface area (TPSA) is 93.1 Å². The van der Waals surface area contributed by atoms with E-state index in [0.29, 0.717) is 17.9 Å². The standard InChI is InChI=1S/C26H31NO6/c1-4-15(11-16-7-6-8-18(28)12-16)9-10-21-22-17(5-2)13-19-23(20(22)14-33-21)25(30)27(24(19)29)26(31)32-3/h6-8,11-12,19-21,23,28H,4-5,9-10,13-14H2,1-3H3/b15-11+/t19-,20+,21-,23-/m1/s1. The van der Waals surface area contributed by atoms with Crippen molar-refractivity contribution in [2.45, 2.75) is 52.1 Å². The Balaban J connectivity index is 1.54. The lowest BCUT2D eigenvalue weighted by Gasteiger charge is -2.31. The molecule has 0 spiro atoms. The van der Waals surface area contributed by atoms with E-state index in [1.165, 1.54) is 18.3 Å². The van der Waals surface area contributed by atoms with Crippen LogP contribution < -0.4 is 0 Å². The molecule has 1 aromatic rings. The minimum atomic E-state index is -0.904. The van der Waals surface area contributed by atoms with Crippen LogP contribution >= 0.6 is 0 Å². The van der Waals surface area contributed by atoms with Crippen molar-refractivity contribution in [2.75, 3.05) is 13.7 Å². The molecule has 0 bridgehead atoms. The maximum atomic E-state index is 13.0. The molecule has 4 rings (SSSR count). The van der Waals surface area contributed by atoms with Gasteiger partial charge in [-0.05, 0) is 55.4 Å². The fourth-order valence-electron chi connectivity index (χ4n) is 5.60. The average molecular weight is 454 g/mol. The number of imide groups is 3. The fraction of sp³-hybridized carbons (Fsp3) is 0.500. The van der Waals surface area contributed by atoms with E-state index in [2.05, 4.69) is 24.7 Å². The first kappa shape index (κ1) is 23.2. The highest BCUT2D eigenvalue weighted by Crippen LogP contribution is 2.50. The number of allylic oxidation sites excluding steroid dienone is 2. The third-order valence-electron chi connectivity index (χ3n) is 7.21. The molecule has 0 aromatic heterocycles. The summed E-state index contributed by atoms with van der Waals surface area (Å²) in [6, 6.07) is 7.19. The maximum Gasteiger partial charge on any atom is 0.423 e. The maximum absolute atomic E-state index is 13.0. The summed E-state index contributed by atoms with van der Waals surface area (Å²) in [4.78, 5) is 38.6. The van der Waals surface area contributed by atoms with Gasteiger partial charge in [0, 0.05) is 5.92 Å². The lowest BCUT2D eigenvalue weighted by Crippen LogP contribution is -2.38. The molecule has 1 aromatic carbocycles. The van der Waals surface area contributed by atoms with Crippen molar-refractivity contribution in [2.24, 2.45) is 17.8 Å². The number of benzene rings is 1.